The minimum absolute atomic E-state index is 0.0950. The standard InChI is InChI=1S/C21H36ClN3O12/c1-10(2)5-24(21(33)25(23-34)4-3-22)20-19(32)15(28)11(12(6-26)37-20)8-35-9-14-17(30)18(31)16(29)13(7-27)36-14/h11-20,26-32H,1,3-9H2,2H3. The fourth-order valence-electron chi connectivity index (χ4n) is 4.24. The molecule has 0 aromatic rings. The Hall–Kier alpha value is -1.50. The molecule has 16 heteroatoms. The number of urea groups is 1. The van der Waals surface area contributed by atoms with E-state index in [1.54, 1.807) is 6.92 Å². The van der Waals surface area contributed by atoms with Crippen molar-refractivity contribution in [2.24, 2.45) is 11.2 Å². The number of amides is 2. The molecule has 7 N–H and O–H groups in total. The zero-order valence-corrected chi connectivity index (χ0v) is 21.1. The Labute approximate surface area is 218 Å². The summed E-state index contributed by atoms with van der Waals surface area (Å²) < 4.78 is 16.6. The number of carbonyl (C=O) groups excluding carboxylic acids is 1. The van der Waals surface area contributed by atoms with Crippen LogP contribution in [0.4, 0.5) is 4.79 Å². The molecule has 0 aromatic carbocycles. The monoisotopic (exact) mass is 557 g/mol. The lowest BCUT2D eigenvalue weighted by Gasteiger charge is -2.46. The SMILES string of the molecule is C=C(C)CN(C(=O)N(CCCl)N=O)C1OC(CO)C(COCC2OC(CO)C(O)C(O)C2O)C(O)C1O. The number of aliphatic hydroxyl groups excluding tert-OH is 7. The summed E-state index contributed by atoms with van der Waals surface area (Å²) in [5.74, 6) is -1.10. The molecule has 2 saturated heterocycles. The number of nitrogens with zero attached hydrogens (tertiary/aromatic N) is 3. The van der Waals surface area contributed by atoms with E-state index < -0.39 is 80.2 Å². The summed E-state index contributed by atoms with van der Waals surface area (Å²) >= 11 is 5.62. The second-order valence-electron chi connectivity index (χ2n) is 9.06. The molecule has 2 amide bonds. The summed E-state index contributed by atoms with van der Waals surface area (Å²) in [6.45, 7) is 3.02. The van der Waals surface area contributed by atoms with Crippen molar-refractivity contribution in [2.75, 3.05) is 45.4 Å². The molecule has 2 aliphatic rings. The molecule has 10 atom stereocenters. The summed E-state index contributed by atoms with van der Waals surface area (Å²) in [7, 11) is 0. The topological polar surface area (TPSA) is 222 Å². The van der Waals surface area contributed by atoms with Gasteiger partial charge in [0.15, 0.2) is 6.23 Å². The van der Waals surface area contributed by atoms with Crippen molar-refractivity contribution >= 4 is 17.6 Å². The summed E-state index contributed by atoms with van der Waals surface area (Å²) in [6.07, 6.45) is -12.8. The van der Waals surface area contributed by atoms with E-state index in [0.29, 0.717) is 10.6 Å². The first-order chi connectivity index (χ1) is 17.5. The number of aliphatic hydroxyl groups is 7. The van der Waals surface area contributed by atoms with Gasteiger partial charge in [0, 0.05) is 18.3 Å². The number of ether oxygens (including phenoxy) is 3. The summed E-state index contributed by atoms with van der Waals surface area (Å²) in [5, 5.41) is 73.9. The first-order valence-electron chi connectivity index (χ1n) is 11.6. The fourth-order valence-corrected chi connectivity index (χ4v) is 4.40. The maximum absolute atomic E-state index is 12.9. The molecule has 0 aliphatic carbocycles. The number of alkyl halides is 1. The molecule has 0 bridgehead atoms. The van der Waals surface area contributed by atoms with Crippen molar-refractivity contribution < 1.29 is 54.8 Å². The van der Waals surface area contributed by atoms with Crippen LogP contribution < -0.4 is 0 Å². The largest absolute Gasteiger partial charge is 0.394 e. The van der Waals surface area contributed by atoms with E-state index in [0.717, 1.165) is 4.90 Å². The molecule has 0 spiro atoms. The zero-order valence-electron chi connectivity index (χ0n) is 20.3. The van der Waals surface area contributed by atoms with Crippen LogP contribution in [-0.4, -0.2) is 152 Å². The Morgan fingerprint density at radius 3 is 2.11 bits per heavy atom. The lowest BCUT2D eigenvalue weighted by molar-refractivity contribution is -0.257. The lowest BCUT2D eigenvalue weighted by atomic mass is 9.88. The average molecular weight is 558 g/mol. The van der Waals surface area contributed by atoms with E-state index in [9.17, 15) is 45.4 Å². The minimum Gasteiger partial charge on any atom is -0.394 e. The van der Waals surface area contributed by atoms with Gasteiger partial charge in [0.25, 0.3) is 0 Å². The molecule has 0 aromatic heterocycles. The van der Waals surface area contributed by atoms with Gasteiger partial charge >= 0.3 is 6.03 Å². The van der Waals surface area contributed by atoms with Gasteiger partial charge in [0.05, 0.1) is 50.5 Å². The highest BCUT2D eigenvalue weighted by molar-refractivity contribution is 6.18. The van der Waals surface area contributed by atoms with Crippen molar-refractivity contribution in [1.29, 1.82) is 0 Å². The Morgan fingerprint density at radius 2 is 1.57 bits per heavy atom. The predicted molar refractivity (Wildman–Crippen MR) is 126 cm³/mol. The fraction of sp³-hybridized carbons (Fsp3) is 0.857. The molecular formula is C21H36ClN3O12. The number of rotatable bonds is 12. The first kappa shape index (κ1) is 31.7. The van der Waals surface area contributed by atoms with E-state index in [4.69, 9.17) is 25.8 Å². The Morgan fingerprint density at radius 1 is 0.946 bits per heavy atom. The molecule has 0 radical (unpaired) electrons. The van der Waals surface area contributed by atoms with Crippen LogP contribution >= 0.6 is 11.6 Å². The molecule has 2 fully saturated rings. The smallest absolute Gasteiger partial charge is 0.345 e. The molecule has 15 nitrogen and oxygen atoms in total. The number of nitroso groups, excluding NO2 is 1. The Bertz CT molecular complexity index is 762. The number of carbonyl (C=O) groups is 1. The van der Waals surface area contributed by atoms with E-state index in [1.165, 1.54) is 0 Å². The molecular weight excluding hydrogens is 522 g/mol. The third kappa shape index (κ3) is 7.54. The van der Waals surface area contributed by atoms with E-state index in [1.807, 2.05) is 0 Å². The second-order valence-corrected chi connectivity index (χ2v) is 9.44. The quantitative estimate of drug-likeness (QED) is 0.0556. The van der Waals surface area contributed by atoms with E-state index in [2.05, 4.69) is 11.9 Å². The molecule has 2 rings (SSSR count). The number of hydrogen-bond donors (Lipinski definition) is 7. The van der Waals surface area contributed by atoms with Gasteiger partial charge in [-0.3, -0.25) is 4.90 Å². The summed E-state index contributed by atoms with van der Waals surface area (Å²) in [5.41, 5.74) is 0.459. The molecule has 214 valence electrons. The van der Waals surface area contributed by atoms with Gasteiger partial charge in [-0.05, 0) is 6.92 Å². The lowest BCUT2D eigenvalue weighted by Crippen LogP contribution is -2.64. The van der Waals surface area contributed by atoms with Crippen LogP contribution in [-0.2, 0) is 14.2 Å². The maximum Gasteiger partial charge on any atom is 0.345 e. The molecule has 37 heavy (non-hydrogen) atoms. The summed E-state index contributed by atoms with van der Waals surface area (Å²) in [6, 6.07) is -0.955. The van der Waals surface area contributed by atoms with Gasteiger partial charge in [-0.1, -0.05) is 12.2 Å². The third-order valence-electron chi connectivity index (χ3n) is 6.24. The van der Waals surface area contributed by atoms with Crippen LogP contribution in [0.15, 0.2) is 17.4 Å². The van der Waals surface area contributed by atoms with Crippen molar-refractivity contribution in [3.63, 3.8) is 0 Å². The second kappa shape index (κ2) is 14.6. The normalized spacial score (nSPS) is 36.1. The Kier molecular flexibility index (Phi) is 12.5. The molecule has 2 aliphatic heterocycles. The minimum atomic E-state index is -1.70. The van der Waals surface area contributed by atoms with Crippen LogP contribution in [0.3, 0.4) is 0 Å². The van der Waals surface area contributed by atoms with E-state index >= 15 is 0 Å². The number of hydrogen-bond acceptors (Lipinski definition) is 13. The third-order valence-corrected chi connectivity index (χ3v) is 6.41. The van der Waals surface area contributed by atoms with Crippen molar-refractivity contribution in [1.82, 2.24) is 9.91 Å². The van der Waals surface area contributed by atoms with Gasteiger partial charge in [-0.25, -0.2) is 4.79 Å². The molecule has 2 heterocycles. The van der Waals surface area contributed by atoms with Gasteiger partial charge in [-0.2, -0.15) is 5.01 Å². The van der Waals surface area contributed by atoms with Crippen LogP contribution in [0.2, 0.25) is 0 Å². The summed E-state index contributed by atoms with van der Waals surface area (Å²) in [4.78, 5) is 25.0. The maximum atomic E-state index is 12.9. The number of halogens is 1. The van der Waals surface area contributed by atoms with Crippen molar-refractivity contribution in [2.45, 2.75) is 62.0 Å². The highest BCUT2D eigenvalue weighted by atomic mass is 35.5. The first-order valence-corrected chi connectivity index (χ1v) is 12.2. The van der Waals surface area contributed by atoms with Crippen molar-refractivity contribution in [3.05, 3.63) is 17.1 Å². The van der Waals surface area contributed by atoms with Gasteiger partial charge in [-0.15, -0.1) is 16.5 Å². The van der Waals surface area contributed by atoms with Crippen LogP contribution in [0, 0.1) is 10.8 Å². The molecule has 0 saturated carbocycles. The van der Waals surface area contributed by atoms with Gasteiger partial charge in [0.2, 0.25) is 0 Å². The van der Waals surface area contributed by atoms with Gasteiger partial charge in [0.1, 0.15) is 36.6 Å². The highest BCUT2D eigenvalue weighted by Crippen LogP contribution is 2.30. The average Bonchev–Trinajstić information content (AvgIpc) is 2.88. The zero-order chi connectivity index (χ0) is 27.9. The van der Waals surface area contributed by atoms with Crippen LogP contribution in [0.1, 0.15) is 6.92 Å². The molecule has 10 unspecified atom stereocenters. The van der Waals surface area contributed by atoms with Gasteiger partial charge < -0.3 is 50.0 Å². The van der Waals surface area contributed by atoms with E-state index in [-0.39, 0.29) is 32.2 Å². The van der Waals surface area contributed by atoms with Crippen molar-refractivity contribution in [3.8, 4) is 0 Å². The predicted octanol–water partition coefficient (Wildman–Crippen LogP) is -2.88. The van der Waals surface area contributed by atoms with Crippen LogP contribution in [0.25, 0.3) is 0 Å². The van der Waals surface area contributed by atoms with Crippen LogP contribution in [0.5, 0.6) is 0 Å². The Balaban J connectivity index is 2.11. The highest BCUT2D eigenvalue weighted by Gasteiger charge is 2.49.